The number of carboxylic acid groups (broad SMARTS) is 1. The summed E-state index contributed by atoms with van der Waals surface area (Å²) < 4.78 is 7.16. The predicted molar refractivity (Wildman–Crippen MR) is 309 cm³/mol. The summed E-state index contributed by atoms with van der Waals surface area (Å²) in [5.74, 6) is -0.260. The van der Waals surface area contributed by atoms with Crippen LogP contribution in [0.2, 0.25) is 30.1 Å². The van der Waals surface area contributed by atoms with Gasteiger partial charge in [0.15, 0.2) is 0 Å². The van der Waals surface area contributed by atoms with Gasteiger partial charge in [-0.25, -0.2) is 9.79 Å². The molecule has 5 aromatic carbocycles. The third kappa shape index (κ3) is 8.70. The number of hydrogen-bond donors (Lipinski definition) is 4. The van der Waals surface area contributed by atoms with Gasteiger partial charge in [-0.05, 0) is 113 Å². The molecule has 378 valence electrons. The van der Waals surface area contributed by atoms with Crippen molar-refractivity contribution in [2.24, 2.45) is 4.99 Å². The molecule has 4 aliphatic heterocycles. The van der Waals surface area contributed by atoms with Gasteiger partial charge in [-0.15, -0.1) is 0 Å². The molecule has 13 heteroatoms. The van der Waals surface area contributed by atoms with Crippen molar-refractivity contribution in [1.82, 2.24) is 15.3 Å². The van der Waals surface area contributed by atoms with E-state index in [2.05, 4.69) is 94.9 Å². The molecule has 4 aliphatic rings. The van der Waals surface area contributed by atoms with E-state index in [-0.39, 0.29) is 16.4 Å². The largest absolute Gasteiger partial charge is 0.478 e. The van der Waals surface area contributed by atoms with Crippen LogP contribution >= 0.6 is 69.6 Å². The maximum Gasteiger partial charge on any atom is 0.339 e. The molecule has 1 atom stereocenters. The fourth-order valence-electron chi connectivity index (χ4n) is 10.6. The summed E-state index contributed by atoms with van der Waals surface area (Å²) in [6.07, 6.45) is 8.07. The third-order valence-electron chi connectivity index (χ3n) is 14.6. The Morgan fingerprint density at radius 3 is 1.69 bits per heavy atom. The molecule has 75 heavy (non-hydrogen) atoms. The Hall–Kier alpha value is -6.16. The predicted octanol–water partition coefficient (Wildman–Crippen LogP) is 16.2. The quantitative estimate of drug-likeness (QED) is 0.138. The summed E-state index contributed by atoms with van der Waals surface area (Å²) in [5, 5.41) is 18.9. The fourth-order valence-corrected chi connectivity index (χ4v) is 12.4. The second kappa shape index (κ2) is 18.5. The average Bonchev–Trinajstić information content (AvgIpc) is 4.20. The molecule has 0 amide bonds. The Labute approximate surface area is 465 Å². The van der Waals surface area contributed by atoms with Gasteiger partial charge in [0.2, 0.25) is 0 Å². The summed E-state index contributed by atoms with van der Waals surface area (Å²) in [5.41, 5.74) is 10.9. The van der Waals surface area contributed by atoms with Gasteiger partial charge in [0, 0.05) is 98.9 Å². The highest BCUT2D eigenvalue weighted by atomic mass is 35.5. The van der Waals surface area contributed by atoms with Crippen LogP contribution < -0.4 is 20.8 Å². The molecule has 0 saturated carbocycles. The van der Waals surface area contributed by atoms with Gasteiger partial charge >= 0.3 is 5.97 Å². The van der Waals surface area contributed by atoms with Crippen LogP contribution in [0.4, 0.5) is 0 Å². The smallest absolute Gasteiger partial charge is 0.339 e. The van der Waals surface area contributed by atoms with E-state index in [1.165, 1.54) is 0 Å². The summed E-state index contributed by atoms with van der Waals surface area (Å²) in [4.78, 5) is 26.4. The number of hydrogen-bond acceptors (Lipinski definition) is 4. The van der Waals surface area contributed by atoms with Crippen molar-refractivity contribution in [3.8, 4) is 11.5 Å². The first-order chi connectivity index (χ1) is 35.5. The van der Waals surface area contributed by atoms with Crippen molar-refractivity contribution < 1.29 is 14.6 Å². The third-order valence-corrected chi connectivity index (χ3v) is 16.5. The minimum atomic E-state index is -1.08. The van der Waals surface area contributed by atoms with Crippen LogP contribution in [0.3, 0.4) is 0 Å². The van der Waals surface area contributed by atoms with E-state index in [4.69, 9.17) is 79.3 Å². The highest BCUT2D eigenvalue weighted by molar-refractivity contribution is 6.40. The highest BCUT2D eigenvalue weighted by Crippen LogP contribution is 2.55. The van der Waals surface area contributed by atoms with Crippen LogP contribution in [-0.4, -0.2) is 32.8 Å². The molecule has 2 aromatic heterocycles. The van der Waals surface area contributed by atoms with E-state index >= 15 is 0 Å². The molecular weight excluding hydrogens is 1060 g/mol. The van der Waals surface area contributed by atoms with E-state index < -0.39 is 17.4 Å². The number of carboxylic acids is 1. The minimum Gasteiger partial charge on any atom is -0.478 e. The molecule has 4 N–H and O–H groups in total. The molecule has 0 aliphatic carbocycles. The standard InChI is InChI=1S/C62H50Cl6N4O3/c1-60(2,3)30-26-32(57-34(28-30)62(7,8)35-29-31(61(4,5)6)27-33(59(73)74)58(35)75-57)50-42-18-20-44(69-42)54(51-36(63)12-9-13-37(51)64)46-22-24-48(71-46)56(53-40(67)16-11-17-41(53)68)49-25-23-47(72-49)55(45-21-19-43(50)70-45)52-38(65)14-10-15-39(52)66/h9-29,44,69,71-72H,1-8H3,(H,73,74)/b50-42-,54-46+,55-45+,56-48+. The Balaban J connectivity index is 1.28. The first-order valence-corrected chi connectivity index (χ1v) is 26.7. The molecule has 1 unspecified atom stereocenters. The Morgan fingerprint density at radius 2 is 1.12 bits per heavy atom. The molecule has 8 bridgehead atoms. The van der Waals surface area contributed by atoms with Crippen molar-refractivity contribution in [2.45, 2.75) is 77.7 Å². The number of nitrogens with one attached hydrogen (secondary N) is 3. The normalized spacial score (nSPS) is 20.1. The monoisotopic (exact) mass is 1110 g/mol. The van der Waals surface area contributed by atoms with Gasteiger partial charge in [0.05, 0.1) is 37.5 Å². The highest BCUT2D eigenvalue weighted by Gasteiger charge is 2.42. The Kier molecular flexibility index (Phi) is 12.6. The first kappa shape index (κ1) is 51.0. The summed E-state index contributed by atoms with van der Waals surface area (Å²) in [6.45, 7) is 17.1. The zero-order chi connectivity index (χ0) is 53.2. The van der Waals surface area contributed by atoms with E-state index in [1.54, 1.807) is 18.2 Å². The van der Waals surface area contributed by atoms with Crippen molar-refractivity contribution >= 4 is 104 Å². The lowest BCUT2D eigenvalue weighted by atomic mass is 9.70. The topological polar surface area (TPSA) is 102 Å². The van der Waals surface area contributed by atoms with Crippen LogP contribution in [0.5, 0.6) is 11.5 Å². The SMILES string of the molecule is CC(C)(C)c1cc(C(=O)O)c2c(c1)C(C)(C)c1cc(C(C)(C)C)cc(/C3=C4\C=CC(N4)/C(c4c(Cl)cccc4Cl)=c4/cc/c([nH]4)=C(\c4c(Cl)cccc4Cl)c4ccc([nH]4)/C(c4c(Cl)cccc4Cl)=C4/C=CC3=N4)c1O2. The van der Waals surface area contributed by atoms with Gasteiger partial charge < -0.3 is 25.1 Å². The van der Waals surface area contributed by atoms with Crippen molar-refractivity contribution in [1.29, 1.82) is 0 Å². The summed E-state index contributed by atoms with van der Waals surface area (Å²) in [7, 11) is 0. The summed E-state index contributed by atoms with van der Waals surface area (Å²) in [6, 6.07) is 32.0. The zero-order valence-corrected chi connectivity index (χ0v) is 46.7. The number of aromatic amines is 2. The van der Waals surface area contributed by atoms with Gasteiger partial charge in [-0.1, -0.05) is 161 Å². The van der Waals surface area contributed by atoms with Gasteiger partial charge in [-0.3, -0.25) is 0 Å². The minimum absolute atomic E-state index is 0.0879. The van der Waals surface area contributed by atoms with E-state index in [9.17, 15) is 9.90 Å². The number of H-pyrrole nitrogens is 2. The first-order valence-electron chi connectivity index (χ1n) is 24.5. The number of carbonyl (C=O) groups is 1. The van der Waals surface area contributed by atoms with Crippen LogP contribution in [0, 0.1) is 0 Å². The fraction of sp³-hybridized carbons (Fsp3) is 0.194. The van der Waals surface area contributed by atoms with E-state index in [0.717, 1.165) is 33.2 Å². The molecular formula is C62H50Cl6N4O3. The lowest BCUT2D eigenvalue weighted by Crippen LogP contribution is -2.31. The number of halogens is 6. The number of fused-ring (bicyclic) bond motifs is 9. The number of aromatic carboxylic acids is 1. The number of aliphatic imine (C=N–C) groups is 1. The van der Waals surface area contributed by atoms with Gasteiger partial charge in [0.25, 0.3) is 0 Å². The lowest BCUT2D eigenvalue weighted by molar-refractivity contribution is 0.0693. The molecule has 0 spiro atoms. The number of ether oxygens (including phenoxy) is 1. The van der Waals surface area contributed by atoms with Crippen LogP contribution in [0.1, 0.15) is 122 Å². The maximum atomic E-state index is 13.4. The van der Waals surface area contributed by atoms with Crippen molar-refractivity contribution in [3.05, 3.63) is 241 Å². The molecule has 7 aromatic rings. The van der Waals surface area contributed by atoms with Crippen molar-refractivity contribution in [2.75, 3.05) is 0 Å². The molecule has 7 nitrogen and oxygen atoms in total. The van der Waals surface area contributed by atoms with E-state index in [1.807, 2.05) is 85.0 Å². The van der Waals surface area contributed by atoms with Crippen LogP contribution in [-0.2, 0) is 16.2 Å². The number of aromatic nitrogens is 2. The number of nitrogens with zero attached hydrogens (tertiary/aromatic N) is 1. The average molecular weight is 1110 g/mol. The van der Waals surface area contributed by atoms with Crippen molar-refractivity contribution in [3.63, 3.8) is 0 Å². The van der Waals surface area contributed by atoms with Crippen LogP contribution in [0.25, 0.3) is 22.3 Å². The Morgan fingerprint density at radius 1 is 0.600 bits per heavy atom. The second-order valence-electron chi connectivity index (χ2n) is 21.8. The molecule has 0 saturated heterocycles. The van der Waals surface area contributed by atoms with Gasteiger partial charge in [-0.2, -0.15) is 0 Å². The molecule has 11 rings (SSSR count). The van der Waals surface area contributed by atoms with Gasteiger partial charge in [0.1, 0.15) is 17.1 Å². The number of benzene rings is 5. The number of rotatable bonds is 5. The molecule has 0 radical (unpaired) electrons. The van der Waals surface area contributed by atoms with Crippen LogP contribution in [0.15, 0.2) is 144 Å². The van der Waals surface area contributed by atoms with E-state index in [0.29, 0.717) is 114 Å². The lowest BCUT2D eigenvalue weighted by Gasteiger charge is -2.39. The maximum absolute atomic E-state index is 13.4. The number of allylic oxidation sites excluding steroid dienone is 4. The second-order valence-corrected chi connectivity index (χ2v) is 24.3. The molecule has 0 fully saturated rings. The Bertz CT molecular complexity index is 3880. The summed E-state index contributed by atoms with van der Waals surface area (Å²) >= 11 is 42.9. The molecule has 6 heterocycles. The zero-order valence-electron chi connectivity index (χ0n) is 42.2.